The van der Waals surface area contributed by atoms with E-state index >= 15 is 0 Å². The molecule has 0 aliphatic heterocycles. The molecule has 0 amide bonds. The van der Waals surface area contributed by atoms with Crippen LogP contribution in [0.15, 0.2) is 6.07 Å². The standard InChI is InChI=1S/C14H19N3O2/c1-4-6-7-16-13-12(14(18)19-5-2)8-11(9-15)10(3)17-13/h8H,4-7H2,1-3H3,(H,16,17). The predicted octanol–water partition coefficient (Wildman–Crippen LogP) is 2.65. The summed E-state index contributed by atoms with van der Waals surface area (Å²) in [5, 5.41) is 12.1. The molecule has 1 rings (SSSR count). The zero-order valence-electron chi connectivity index (χ0n) is 11.6. The summed E-state index contributed by atoms with van der Waals surface area (Å²) in [5.74, 6) is 0.0360. The van der Waals surface area contributed by atoms with Crippen molar-refractivity contribution in [3.05, 3.63) is 22.9 Å². The Morgan fingerprint density at radius 3 is 2.84 bits per heavy atom. The van der Waals surface area contributed by atoms with Gasteiger partial charge in [0.05, 0.1) is 17.9 Å². The number of carbonyl (C=O) groups is 1. The number of rotatable bonds is 6. The lowest BCUT2D eigenvalue weighted by Gasteiger charge is -2.11. The summed E-state index contributed by atoms with van der Waals surface area (Å²) in [7, 11) is 0. The highest BCUT2D eigenvalue weighted by atomic mass is 16.5. The number of aryl methyl sites for hydroxylation is 1. The van der Waals surface area contributed by atoms with Crippen molar-refractivity contribution in [3.63, 3.8) is 0 Å². The molecule has 1 aromatic heterocycles. The highest BCUT2D eigenvalue weighted by Gasteiger charge is 2.16. The van der Waals surface area contributed by atoms with E-state index in [0.717, 1.165) is 19.4 Å². The minimum absolute atomic E-state index is 0.295. The maximum Gasteiger partial charge on any atom is 0.341 e. The molecule has 1 heterocycles. The smallest absolute Gasteiger partial charge is 0.341 e. The second kappa shape index (κ2) is 7.37. The van der Waals surface area contributed by atoms with Crippen LogP contribution in [0.2, 0.25) is 0 Å². The van der Waals surface area contributed by atoms with Gasteiger partial charge < -0.3 is 10.1 Å². The van der Waals surface area contributed by atoms with Gasteiger partial charge in [0.2, 0.25) is 0 Å². The van der Waals surface area contributed by atoms with Crippen molar-refractivity contribution in [3.8, 4) is 6.07 Å². The second-order valence-corrected chi connectivity index (χ2v) is 4.13. The van der Waals surface area contributed by atoms with Crippen molar-refractivity contribution in [2.45, 2.75) is 33.6 Å². The number of nitriles is 1. The Bertz CT molecular complexity index is 492. The molecule has 0 unspecified atom stereocenters. The van der Waals surface area contributed by atoms with Gasteiger partial charge in [-0.15, -0.1) is 0 Å². The number of esters is 1. The molecule has 102 valence electrons. The maximum absolute atomic E-state index is 11.9. The number of anilines is 1. The lowest BCUT2D eigenvalue weighted by atomic mass is 10.1. The van der Waals surface area contributed by atoms with E-state index in [0.29, 0.717) is 29.2 Å². The zero-order valence-corrected chi connectivity index (χ0v) is 11.6. The van der Waals surface area contributed by atoms with Gasteiger partial charge in [0, 0.05) is 6.54 Å². The van der Waals surface area contributed by atoms with Gasteiger partial charge in [-0.25, -0.2) is 9.78 Å². The zero-order chi connectivity index (χ0) is 14.3. The number of pyridine rings is 1. The largest absolute Gasteiger partial charge is 0.462 e. The molecule has 0 atom stereocenters. The van der Waals surface area contributed by atoms with Crippen molar-refractivity contribution in [1.29, 1.82) is 5.26 Å². The number of aromatic nitrogens is 1. The highest BCUT2D eigenvalue weighted by Crippen LogP contribution is 2.18. The van der Waals surface area contributed by atoms with Gasteiger partial charge in [-0.3, -0.25) is 0 Å². The van der Waals surface area contributed by atoms with Gasteiger partial charge in [-0.1, -0.05) is 13.3 Å². The third kappa shape index (κ3) is 3.95. The van der Waals surface area contributed by atoms with E-state index in [-0.39, 0.29) is 0 Å². The van der Waals surface area contributed by atoms with Crippen LogP contribution in [0.5, 0.6) is 0 Å². The van der Waals surface area contributed by atoms with Gasteiger partial charge >= 0.3 is 5.97 Å². The van der Waals surface area contributed by atoms with E-state index in [2.05, 4.69) is 17.2 Å². The summed E-state index contributed by atoms with van der Waals surface area (Å²) in [6, 6.07) is 3.57. The van der Waals surface area contributed by atoms with Crippen LogP contribution < -0.4 is 5.32 Å². The SMILES string of the molecule is CCCCNc1nc(C)c(C#N)cc1C(=O)OCC. The fourth-order valence-corrected chi connectivity index (χ4v) is 1.60. The fraction of sp³-hybridized carbons (Fsp3) is 0.500. The van der Waals surface area contributed by atoms with E-state index in [1.54, 1.807) is 13.8 Å². The monoisotopic (exact) mass is 261 g/mol. The Hall–Kier alpha value is -2.09. The Kier molecular flexibility index (Phi) is 5.80. The Morgan fingerprint density at radius 2 is 2.26 bits per heavy atom. The summed E-state index contributed by atoms with van der Waals surface area (Å²) in [4.78, 5) is 16.2. The highest BCUT2D eigenvalue weighted by molar-refractivity contribution is 5.95. The number of hydrogen-bond donors (Lipinski definition) is 1. The van der Waals surface area contributed by atoms with Crippen LogP contribution in [-0.2, 0) is 4.74 Å². The van der Waals surface area contributed by atoms with Crippen LogP contribution in [0.3, 0.4) is 0 Å². The molecule has 0 radical (unpaired) electrons. The fourth-order valence-electron chi connectivity index (χ4n) is 1.60. The van der Waals surface area contributed by atoms with Gasteiger partial charge in [0.15, 0.2) is 0 Å². The quantitative estimate of drug-likeness (QED) is 0.629. The minimum atomic E-state index is -0.453. The molecule has 1 N–H and O–H groups in total. The molecule has 0 aliphatic rings. The molecule has 1 aromatic rings. The number of nitrogens with zero attached hydrogens (tertiary/aromatic N) is 2. The van der Waals surface area contributed by atoms with E-state index in [1.165, 1.54) is 6.07 Å². The van der Waals surface area contributed by atoms with Crippen molar-refractivity contribution in [1.82, 2.24) is 4.98 Å². The number of hydrogen-bond acceptors (Lipinski definition) is 5. The summed E-state index contributed by atoms with van der Waals surface area (Å²) < 4.78 is 4.99. The summed E-state index contributed by atoms with van der Waals surface area (Å²) in [5.41, 5.74) is 1.32. The Labute approximate surface area is 113 Å². The first-order valence-electron chi connectivity index (χ1n) is 6.46. The average Bonchev–Trinajstić information content (AvgIpc) is 2.39. The maximum atomic E-state index is 11.9. The van der Waals surface area contributed by atoms with Gasteiger partial charge in [0.25, 0.3) is 0 Å². The third-order valence-electron chi connectivity index (χ3n) is 2.65. The normalized spacial score (nSPS) is 9.79. The average molecular weight is 261 g/mol. The molecule has 0 spiro atoms. The van der Waals surface area contributed by atoms with Crippen molar-refractivity contribution < 1.29 is 9.53 Å². The summed E-state index contributed by atoms with van der Waals surface area (Å²) >= 11 is 0. The number of unbranched alkanes of at least 4 members (excludes halogenated alkanes) is 1. The minimum Gasteiger partial charge on any atom is -0.462 e. The lowest BCUT2D eigenvalue weighted by Crippen LogP contribution is -2.13. The van der Waals surface area contributed by atoms with Crippen LogP contribution in [0.1, 0.15) is 48.3 Å². The van der Waals surface area contributed by atoms with Gasteiger partial charge in [-0.05, 0) is 26.3 Å². The molecule has 0 aromatic carbocycles. The molecule has 0 saturated carbocycles. The number of ether oxygens (including phenoxy) is 1. The Morgan fingerprint density at radius 1 is 1.53 bits per heavy atom. The third-order valence-corrected chi connectivity index (χ3v) is 2.65. The van der Waals surface area contributed by atoms with Crippen LogP contribution in [0, 0.1) is 18.3 Å². The van der Waals surface area contributed by atoms with Crippen molar-refractivity contribution >= 4 is 11.8 Å². The summed E-state index contributed by atoms with van der Waals surface area (Å²) in [6.45, 7) is 6.61. The van der Waals surface area contributed by atoms with Crippen LogP contribution in [0.4, 0.5) is 5.82 Å². The molecule has 5 heteroatoms. The van der Waals surface area contributed by atoms with Crippen molar-refractivity contribution in [2.24, 2.45) is 0 Å². The molecular formula is C14H19N3O2. The molecule has 0 aliphatic carbocycles. The predicted molar refractivity (Wildman–Crippen MR) is 73.0 cm³/mol. The molecular weight excluding hydrogens is 242 g/mol. The van der Waals surface area contributed by atoms with Crippen LogP contribution in [-0.4, -0.2) is 24.1 Å². The molecule has 0 fully saturated rings. The van der Waals surface area contributed by atoms with Gasteiger partial charge in [-0.2, -0.15) is 5.26 Å². The lowest BCUT2D eigenvalue weighted by molar-refractivity contribution is 0.0527. The Balaban J connectivity index is 3.08. The second-order valence-electron chi connectivity index (χ2n) is 4.13. The first kappa shape index (κ1) is 15.0. The van der Waals surface area contributed by atoms with E-state index in [9.17, 15) is 4.79 Å². The molecule has 0 bridgehead atoms. The first-order chi connectivity index (χ1) is 9.13. The number of nitrogens with one attached hydrogen (secondary N) is 1. The topological polar surface area (TPSA) is 75.0 Å². The van der Waals surface area contributed by atoms with Gasteiger partial charge in [0.1, 0.15) is 17.5 Å². The van der Waals surface area contributed by atoms with E-state index in [1.807, 2.05) is 6.07 Å². The molecule has 0 saturated heterocycles. The van der Waals surface area contributed by atoms with Crippen LogP contribution in [0.25, 0.3) is 0 Å². The molecule has 5 nitrogen and oxygen atoms in total. The van der Waals surface area contributed by atoms with E-state index < -0.39 is 5.97 Å². The van der Waals surface area contributed by atoms with Crippen LogP contribution >= 0.6 is 0 Å². The van der Waals surface area contributed by atoms with Crippen molar-refractivity contribution in [2.75, 3.05) is 18.5 Å². The summed E-state index contributed by atoms with van der Waals surface area (Å²) in [6.07, 6.45) is 2.04. The van der Waals surface area contributed by atoms with E-state index in [4.69, 9.17) is 10.00 Å². The first-order valence-corrected chi connectivity index (χ1v) is 6.46. The molecule has 19 heavy (non-hydrogen) atoms. The number of carbonyl (C=O) groups excluding carboxylic acids is 1.